The molecule has 2 fully saturated rings. The van der Waals surface area contributed by atoms with Gasteiger partial charge in [-0.15, -0.1) is 0 Å². The summed E-state index contributed by atoms with van der Waals surface area (Å²) in [4.78, 5) is 16.9. The minimum atomic E-state index is -4.66. The van der Waals surface area contributed by atoms with E-state index in [2.05, 4.69) is 15.8 Å². The minimum Gasteiger partial charge on any atom is -0.371 e. The van der Waals surface area contributed by atoms with Crippen LogP contribution in [0, 0.1) is 0 Å². The van der Waals surface area contributed by atoms with Crippen molar-refractivity contribution in [2.24, 2.45) is 0 Å². The smallest absolute Gasteiger partial charge is 0.371 e. The lowest BCUT2D eigenvalue weighted by atomic mass is 10.0. The van der Waals surface area contributed by atoms with Gasteiger partial charge in [0.15, 0.2) is 0 Å². The summed E-state index contributed by atoms with van der Waals surface area (Å²) in [6.07, 6.45) is -5.24. The number of nitrogens with one attached hydrogen (secondary N) is 2. The monoisotopic (exact) mass is 500 g/mol. The molecule has 1 amide bonds. The molecule has 2 saturated heterocycles. The van der Waals surface area contributed by atoms with Crippen molar-refractivity contribution in [2.75, 3.05) is 36.5 Å². The van der Waals surface area contributed by atoms with E-state index in [0.29, 0.717) is 24.8 Å². The molecule has 2 aromatic carbocycles. The van der Waals surface area contributed by atoms with Crippen molar-refractivity contribution in [3.63, 3.8) is 0 Å². The standard InChI is InChI=1S/C24H26F6N4O/c25-23(26,27)17-4-3-5-19(14-17)31-32-22(35)16-12-18(24(28,29)30)15-21(13-16)34-10-6-20(7-11-34)33-8-1-2-9-33/h3-5,12-15,20,31H,1-2,6-11H2,(H,32,35). The summed E-state index contributed by atoms with van der Waals surface area (Å²) < 4.78 is 79.4. The van der Waals surface area contributed by atoms with E-state index in [4.69, 9.17) is 0 Å². The Morgan fingerprint density at radius 1 is 0.829 bits per heavy atom. The number of piperidine rings is 1. The maximum absolute atomic E-state index is 13.6. The molecule has 2 aliphatic heterocycles. The van der Waals surface area contributed by atoms with Gasteiger partial charge in [0.25, 0.3) is 5.91 Å². The molecule has 190 valence electrons. The molecule has 0 spiro atoms. The Labute approximate surface area is 199 Å². The molecule has 2 aromatic rings. The molecule has 2 heterocycles. The summed E-state index contributed by atoms with van der Waals surface area (Å²) in [5.74, 6) is -0.887. The lowest BCUT2D eigenvalue weighted by molar-refractivity contribution is -0.138. The van der Waals surface area contributed by atoms with Gasteiger partial charge in [-0.05, 0) is 75.2 Å². The van der Waals surface area contributed by atoms with E-state index < -0.39 is 29.4 Å². The van der Waals surface area contributed by atoms with Crippen molar-refractivity contribution in [2.45, 2.75) is 44.1 Å². The lowest BCUT2D eigenvalue weighted by Gasteiger charge is -2.38. The average Bonchev–Trinajstić information content (AvgIpc) is 3.36. The van der Waals surface area contributed by atoms with Crippen molar-refractivity contribution in [1.82, 2.24) is 10.3 Å². The highest BCUT2D eigenvalue weighted by atomic mass is 19.4. The first kappa shape index (κ1) is 25.2. The van der Waals surface area contributed by atoms with Crippen LogP contribution < -0.4 is 15.8 Å². The van der Waals surface area contributed by atoms with Crippen LogP contribution in [-0.2, 0) is 12.4 Å². The van der Waals surface area contributed by atoms with E-state index in [-0.39, 0.29) is 11.3 Å². The van der Waals surface area contributed by atoms with Gasteiger partial charge in [0.1, 0.15) is 0 Å². The molecule has 2 aliphatic rings. The number of hydrogen-bond acceptors (Lipinski definition) is 4. The second-order valence-electron chi connectivity index (χ2n) is 8.89. The first-order chi connectivity index (χ1) is 16.5. The Balaban J connectivity index is 1.48. The van der Waals surface area contributed by atoms with Crippen LogP contribution in [0.2, 0.25) is 0 Å². The number of carbonyl (C=O) groups excluding carboxylic acids is 1. The topological polar surface area (TPSA) is 47.6 Å². The van der Waals surface area contributed by atoms with E-state index >= 15 is 0 Å². The first-order valence-corrected chi connectivity index (χ1v) is 11.5. The van der Waals surface area contributed by atoms with Gasteiger partial charge in [-0.1, -0.05) is 6.07 Å². The summed E-state index contributed by atoms with van der Waals surface area (Å²) in [6.45, 7) is 3.26. The van der Waals surface area contributed by atoms with Crippen LogP contribution in [0.25, 0.3) is 0 Å². The Kier molecular flexibility index (Phi) is 7.16. The largest absolute Gasteiger partial charge is 0.416 e. The molecule has 0 saturated carbocycles. The zero-order valence-corrected chi connectivity index (χ0v) is 18.8. The number of carbonyl (C=O) groups is 1. The highest BCUT2D eigenvalue weighted by Gasteiger charge is 2.34. The molecule has 0 unspecified atom stereocenters. The molecule has 5 nitrogen and oxygen atoms in total. The number of nitrogens with zero attached hydrogens (tertiary/aromatic N) is 2. The summed E-state index contributed by atoms with van der Waals surface area (Å²) in [6, 6.07) is 7.70. The van der Waals surface area contributed by atoms with Gasteiger partial charge < -0.3 is 9.80 Å². The van der Waals surface area contributed by atoms with Crippen LogP contribution in [0.15, 0.2) is 42.5 Å². The van der Waals surface area contributed by atoms with Gasteiger partial charge in [0.2, 0.25) is 0 Å². The van der Waals surface area contributed by atoms with Crippen LogP contribution in [0.4, 0.5) is 37.7 Å². The molecule has 0 atom stereocenters. The van der Waals surface area contributed by atoms with Gasteiger partial charge in [-0.3, -0.25) is 15.6 Å². The summed E-state index contributed by atoms with van der Waals surface area (Å²) in [7, 11) is 0. The normalized spacial score (nSPS) is 18.1. The SMILES string of the molecule is O=C(NNc1cccc(C(F)(F)F)c1)c1cc(N2CCC(N3CCCC3)CC2)cc(C(F)(F)F)c1. The van der Waals surface area contributed by atoms with Crippen molar-refractivity contribution in [1.29, 1.82) is 0 Å². The van der Waals surface area contributed by atoms with Gasteiger partial charge >= 0.3 is 12.4 Å². The van der Waals surface area contributed by atoms with E-state index in [1.54, 1.807) is 0 Å². The molecule has 2 N–H and O–H groups in total. The van der Waals surface area contributed by atoms with E-state index in [1.165, 1.54) is 25.0 Å². The van der Waals surface area contributed by atoms with Gasteiger partial charge in [0.05, 0.1) is 16.8 Å². The van der Waals surface area contributed by atoms with Crippen molar-refractivity contribution < 1.29 is 31.1 Å². The van der Waals surface area contributed by atoms with Gasteiger partial charge in [0, 0.05) is 30.4 Å². The number of alkyl halides is 6. The van der Waals surface area contributed by atoms with E-state index in [1.807, 2.05) is 4.90 Å². The Hall–Kier alpha value is -2.95. The Morgan fingerprint density at radius 3 is 2.11 bits per heavy atom. The van der Waals surface area contributed by atoms with Gasteiger partial charge in [-0.25, -0.2) is 0 Å². The molecule has 11 heteroatoms. The second-order valence-corrected chi connectivity index (χ2v) is 8.89. The maximum Gasteiger partial charge on any atom is 0.416 e. The molecule has 0 aromatic heterocycles. The molecule has 0 aliphatic carbocycles. The summed E-state index contributed by atoms with van der Waals surface area (Å²) in [5, 5.41) is 0. The van der Waals surface area contributed by atoms with Crippen molar-refractivity contribution in [3.8, 4) is 0 Å². The van der Waals surface area contributed by atoms with Crippen LogP contribution >= 0.6 is 0 Å². The number of anilines is 2. The zero-order chi connectivity index (χ0) is 25.2. The number of amides is 1. The third-order valence-electron chi connectivity index (χ3n) is 6.50. The van der Waals surface area contributed by atoms with Gasteiger partial charge in [-0.2, -0.15) is 26.3 Å². The molecule has 4 rings (SSSR count). The quantitative estimate of drug-likeness (QED) is 0.418. The molecule has 35 heavy (non-hydrogen) atoms. The first-order valence-electron chi connectivity index (χ1n) is 11.5. The van der Waals surface area contributed by atoms with E-state index in [9.17, 15) is 31.1 Å². The third kappa shape index (κ3) is 6.19. The third-order valence-corrected chi connectivity index (χ3v) is 6.50. The fourth-order valence-corrected chi connectivity index (χ4v) is 4.66. The molecule has 0 radical (unpaired) electrons. The number of hydrogen-bond donors (Lipinski definition) is 2. The fourth-order valence-electron chi connectivity index (χ4n) is 4.66. The highest BCUT2D eigenvalue weighted by molar-refractivity contribution is 5.96. The number of halogens is 6. The number of rotatable bonds is 5. The van der Waals surface area contributed by atoms with Crippen LogP contribution in [-0.4, -0.2) is 43.0 Å². The average molecular weight is 500 g/mol. The van der Waals surface area contributed by atoms with Crippen molar-refractivity contribution >= 4 is 17.3 Å². The van der Waals surface area contributed by atoms with Crippen LogP contribution in [0.5, 0.6) is 0 Å². The maximum atomic E-state index is 13.6. The fraction of sp³-hybridized carbons (Fsp3) is 0.458. The number of benzene rings is 2. The van der Waals surface area contributed by atoms with Crippen LogP contribution in [0.1, 0.15) is 47.2 Å². The zero-order valence-electron chi connectivity index (χ0n) is 18.8. The predicted molar refractivity (Wildman–Crippen MR) is 120 cm³/mol. The summed E-state index contributed by atoms with van der Waals surface area (Å²) in [5.41, 5.74) is 2.67. The van der Waals surface area contributed by atoms with E-state index in [0.717, 1.165) is 56.3 Å². The lowest BCUT2D eigenvalue weighted by Crippen LogP contribution is -2.44. The Bertz CT molecular complexity index is 1040. The summed E-state index contributed by atoms with van der Waals surface area (Å²) >= 11 is 0. The number of hydrazine groups is 1. The molecular weight excluding hydrogens is 474 g/mol. The highest BCUT2D eigenvalue weighted by Crippen LogP contribution is 2.35. The second kappa shape index (κ2) is 9.96. The number of likely N-dealkylation sites (tertiary alicyclic amines) is 1. The Morgan fingerprint density at radius 2 is 1.49 bits per heavy atom. The van der Waals surface area contributed by atoms with Crippen molar-refractivity contribution in [3.05, 3.63) is 59.2 Å². The predicted octanol–water partition coefficient (Wildman–Crippen LogP) is 5.55. The molecular formula is C24H26F6N4O. The van der Waals surface area contributed by atoms with Crippen LogP contribution in [0.3, 0.4) is 0 Å². The molecule has 0 bridgehead atoms. The minimum absolute atomic E-state index is 0.0515.